The highest BCUT2D eigenvalue weighted by Crippen LogP contribution is 2.35. The van der Waals surface area contributed by atoms with Crippen LogP contribution in [0.4, 0.5) is 11.4 Å². The largest absolute Gasteiger partial charge is 0.399 e. The molecule has 4 nitrogen and oxygen atoms in total. The Balaban J connectivity index is 2.37. The molecule has 0 heterocycles. The molecule has 1 aliphatic rings. The number of hydrogen-bond acceptors (Lipinski definition) is 3. The number of carbonyl (C=O) groups excluding carboxylic acids is 1. The molecule has 0 saturated heterocycles. The van der Waals surface area contributed by atoms with E-state index in [4.69, 9.17) is 23.1 Å². The monoisotopic (exact) mass is 295 g/mol. The van der Waals surface area contributed by atoms with Crippen LogP contribution in [-0.2, 0) is 0 Å². The molecule has 1 amide bonds. The van der Waals surface area contributed by atoms with Gasteiger partial charge in [-0.15, -0.1) is 0 Å². The van der Waals surface area contributed by atoms with Crippen molar-refractivity contribution in [3.63, 3.8) is 0 Å². The van der Waals surface area contributed by atoms with Crippen molar-refractivity contribution < 1.29 is 4.79 Å². The van der Waals surface area contributed by atoms with E-state index in [1.807, 2.05) is 7.05 Å². The van der Waals surface area contributed by atoms with Crippen LogP contribution in [0.5, 0.6) is 0 Å². The molecular formula is C15H22ClN3O. The highest BCUT2D eigenvalue weighted by molar-refractivity contribution is 6.34. The van der Waals surface area contributed by atoms with Crippen molar-refractivity contribution in [3.8, 4) is 0 Å². The first-order chi connectivity index (χ1) is 9.50. The molecule has 110 valence electrons. The molecule has 0 aliphatic heterocycles. The zero-order valence-corrected chi connectivity index (χ0v) is 12.6. The SMILES string of the molecule is CN(c1c(Cl)cc(N)cc1C(N)=O)C1CCCCCC1. The Hall–Kier alpha value is -1.42. The smallest absolute Gasteiger partial charge is 0.250 e. The van der Waals surface area contributed by atoms with Crippen LogP contribution in [0.25, 0.3) is 0 Å². The van der Waals surface area contributed by atoms with Gasteiger partial charge in [0, 0.05) is 18.8 Å². The third kappa shape index (κ3) is 3.18. The molecule has 2 rings (SSSR count). The normalized spacial score (nSPS) is 16.7. The first kappa shape index (κ1) is 15.0. The minimum absolute atomic E-state index is 0.400. The Morgan fingerprint density at radius 3 is 2.40 bits per heavy atom. The molecule has 1 saturated carbocycles. The fourth-order valence-electron chi connectivity index (χ4n) is 2.99. The number of carbonyl (C=O) groups is 1. The molecule has 0 aromatic heterocycles. The van der Waals surface area contributed by atoms with Crippen molar-refractivity contribution >= 4 is 28.9 Å². The summed E-state index contributed by atoms with van der Waals surface area (Å²) in [4.78, 5) is 13.8. The number of halogens is 1. The molecule has 20 heavy (non-hydrogen) atoms. The maximum atomic E-state index is 11.7. The van der Waals surface area contributed by atoms with Crippen LogP contribution in [0.1, 0.15) is 48.9 Å². The third-order valence-corrected chi connectivity index (χ3v) is 4.36. The zero-order valence-electron chi connectivity index (χ0n) is 11.9. The number of benzene rings is 1. The highest BCUT2D eigenvalue weighted by Gasteiger charge is 2.23. The number of nitrogen functional groups attached to an aromatic ring is 1. The average Bonchev–Trinajstić information content (AvgIpc) is 2.65. The van der Waals surface area contributed by atoms with Gasteiger partial charge in [-0.1, -0.05) is 37.3 Å². The van der Waals surface area contributed by atoms with E-state index < -0.39 is 5.91 Å². The molecule has 0 spiro atoms. The fourth-order valence-corrected chi connectivity index (χ4v) is 3.36. The van der Waals surface area contributed by atoms with Crippen LogP contribution >= 0.6 is 11.6 Å². The first-order valence-corrected chi connectivity index (χ1v) is 7.50. The van der Waals surface area contributed by atoms with Gasteiger partial charge in [-0.3, -0.25) is 4.79 Å². The van der Waals surface area contributed by atoms with Gasteiger partial charge in [0.05, 0.1) is 16.3 Å². The molecule has 0 radical (unpaired) electrons. The Morgan fingerprint density at radius 2 is 1.85 bits per heavy atom. The highest BCUT2D eigenvalue weighted by atomic mass is 35.5. The molecule has 0 bridgehead atoms. The van der Waals surface area contributed by atoms with Gasteiger partial charge < -0.3 is 16.4 Å². The number of anilines is 2. The standard InChI is InChI=1S/C15H22ClN3O/c1-19(11-6-4-2-3-5-7-11)14-12(15(18)20)8-10(17)9-13(14)16/h8-9,11H,2-7,17H2,1H3,(H2,18,20). The van der Waals surface area contributed by atoms with Crippen molar-refractivity contribution in [1.29, 1.82) is 0 Å². The fraction of sp³-hybridized carbons (Fsp3) is 0.533. The maximum absolute atomic E-state index is 11.7. The van der Waals surface area contributed by atoms with Crippen molar-refractivity contribution in [3.05, 3.63) is 22.7 Å². The van der Waals surface area contributed by atoms with E-state index in [0.29, 0.717) is 28.0 Å². The molecule has 0 unspecified atom stereocenters. The van der Waals surface area contributed by atoms with Crippen molar-refractivity contribution in [2.45, 2.75) is 44.6 Å². The minimum atomic E-state index is -0.491. The number of amides is 1. The lowest BCUT2D eigenvalue weighted by Gasteiger charge is -2.31. The minimum Gasteiger partial charge on any atom is -0.399 e. The van der Waals surface area contributed by atoms with Gasteiger partial charge in [-0.05, 0) is 25.0 Å². The Kier molecular flexibility index (Phi) is 4.76. The van der Waals surface area contributed by atoms with E-state index in [1.54, 1.807) is 12.1 Å². The second-order valence-electron chi connectivity index (χ2n) is 5.52. The lowest BCUT2D eigenvalue weighted by molar-refractivity contribution is 0.100. The van der Waals surface area contributed by atoms with Crippen molar-refractivity contribution in [2.75, 3.05) is 17.7 Å². The Labute approximate surface area is 125 Å². The first-order valence-electron chi connectivity index (χ1n) is 7.12. The number of rotatable bonds is 3. The van der Waals surface area contributed by atoms with Gasteiger partial charge in [0.15, 0.2) is 0 Å². The van der Waals surface area contributed by atoms with Gasteiger partial charge in [-0.25, -0.2) is 0 Å². The summed E-state index contributed by atoms with van der Waals surface area (Å²) in [6.07, 6.45) is 7.23. The second kappa shape index (κ2) is 6.35. The number of nitrogens with zero attached hydrogens (tertiary/aromatic N) is 1. The molecule has 1 aromatic rings. The summed E-state index contributed by atoms with van der Waals surface area (Å²) in [6, 6.07) is 3.68. The van der Waals surface area contributed by atoms with Crippen molar-refractivity contribution in [1.82, 2.24) is 0 Å². The van der Waals surface area contributed by atoms with E-state index in [-0.39, 0.29) is 0 Å². The molecule has 1 aliphatic carbocycles. The van der Waals surface area contributed by atoms with Crippen LogP contribution in [0.2, 0.25) is 5.02 Å². The van der Waals surface area contributed by atoms with E-state index >= 15 is 0 Å². The molecule has 5 heteroatoms. The van der Waals surface area contributed by atoms with E-state index in [0.717, 1.165) is 12.8 Å². The van der Waals surface area contributed by atoms with Crippen LogP contribution in [-0.4, -0.2) is 19.0 Å². The number of hydrogen-bond donors (Lipinski definition) is 2. The number of nitrogens with two attached hydrogens (primary N) is 2. The van der Waals surface area contributed by atoms with Crippen LogP contribution in [0, 0.1) is 0 Å². The molecule has 4 N–H and O–H groups in total. The average molecular weight is 296 g/mol. The summed E-state index contributed by atoms with van der Waals surface area (Å²) in [7, 11) is 1.99. The molecular weight excluding hydrogens is 274 g/mol. The zero-order chi connectivity index (χ0) is 14.7. The van der Waals surface area contributed by atoms with E-state index in [1.165, 1.54) is 25.7 Å². The summed E-state index contributed by atoms with van der Waals surface area (Å²) < 4.78 is 0. The molecule has 0 atom stereocenters. The predicted molar refractivity (Wildman–Crippen MR) is 84.3 cm³/mol. The second-order valence-corrected chi connectivity index (χ2v) is 5.93. The van der Waals surface area contributed by atoms with Gasteiger partial charge in [0.2, 0.25) is 0 Å². The molecule has 1 aromatic carbocycles. The van der Waals surface area contributed by atoms with Crippen LogP contribution in [0.3, 0.4) is 0 Å². The summed E-state index contributed by atoms with van der Waals surface area (Å²) in [5.41, 5.74) is 12.8. The summed E-state index contributed by atoms with van der Waals surface area (Å²) >= 11 is 6.30. The summed E-state index contributed by atoms with van der Waals surface area (Å²) in [6.45, 7) is 0. The summed E-state index contributed by atoms with van der Waals surface area (Å²) in [5.74, 6) is -0.491. The molecule has 1 fully saturated rings. The number of primary amides is 1. The maximum Gasteiger partial charge on any atom is 0.250 e. The van der Waals surface area contributed by atoms with Gasteiger partial charge >= 0.3 is 0 Å². The summed E-state index contributed by atoms with van der Waals surface area (Å²) in [5, 5.41) is 0.491. The van der Waals surface area contributed by atoms with E-state index in [9.17, 15) is 4.79 Å². The van der Waals surface area contributed by atoms with E-state index in [2.05, 4.69) is 4.90 Å². The quantitative estimate of drug-likeness (QED) is 0.664. The van der Waals surface area contributed by atoms with Crippen molar-refractivity contribution in [2.24, 2.45) is 5.73 Å². The van der Waals surface area contributed by atoms with Crippen LogP contribution in [0.15, 0.2) is 12.1 Å². The Bertz CT molecular complexity index is 496. The lowest BCUT2D eigenvalue weighted by atomic mass is 10.0. The van der Waals surface area contributed by atoms with Gasteiger partial charge in [-0.2, -0.15) is 0 Å². The van der Waals surface area contributed by atoms with Crippen LogP contribution < -0.4 is 16.4 Å². The lowest BCUT2D eigenvalue weighted by Crippen LogP contribution is -2.33. The van der Waals surface area contributed by atoms with Gasteiger partial charge in [0.25, 0.3) is 5.91 Å². The predicted octanol–water partition coefficient (Wildman–Crippen LogP) is 3.18. The third-order valence-electron chi connectivity index (χ3n) is 4.08. The Morgan fingerprint density at radius 1 is 1.25 bits per heavy atom. The topological polar surface area (TPSA) is 72.3 Å². The van der Waals surface area contributed by atoms with Gasteiger partial charge in [0.1, 0.15) is 0 Å².